The highest BCUT2D eigenvalue weighted by Gasteiger charge is 2.45. The van der Waals surface area contributed by atoms with Gasteiger partial charge in [-0.25, -0.2) is 13.2 Å². The molecule has 33 heavy (non-hydrogen) atoms. The summed E-state index contributed by atoms with van der Waals surface area (Å²) in [5.41, 5.74) is -0.317. The molecule has 0 unspecified atom stereocenters. The Hall–Kier alpha value is -3.18. The van der Waals surface area contributed by atoms with Gasteiger partial charge in [0.2, 0.25) is 15.9 Å². The van der Waals surface area contributed by atoms with Crippen LogP contribution in [0.25, 0.3) is 0 Å². The first-order valence-electron chi connectivity index (χ1n) is 10.7. The Morgan fingerprint density at radius 1 is 1.15 bits per heavy atom. The van der Waals surface area contributed by atoms with E-state index in [1.165, 1.54) is 28.4 Å². The van der Waals surface area contributed by atoms with Crippen molar-refractivity contribution in [2.75, 3.05) is 23.3 Å². The van der Waals surface area contributed by atoms with E-state index in [1.54, 1.807) is 38.1 Å². The first kappa shape index (κ1) is 23.0. The molecule has 0 radical (unpaired) electrons. The van der Waals surface area contributed by atoms with Gasteiger partial charge in [-0.05, 0) is 51.8 Å². The van der Waals surface area contributed by atoms with Crippen molar-refractivity contribution in [1.29, 1.82) is 0 Å². The molecular weight excluding hydrogens is 448 g/mol. The molecule has 0 aliphatic carbocycles. The number of para-hydroxylation sites is 2. The lowest BCUT2D eigenvalue weighted by Crippen LogP contribution is -2.60. The van der Waals surface area contributed by atoms with Gasteiger partial charge < -0.3 is 15.0 Å². The summed E-state index contributed by atoms with van der Waals surface area (Å²) in [6.07, 6.45) is 1.61. The minimum absolute atomic E-state index is 0.0295. The van der Waals surface area contributed by atoms with E-state index >= 15 is 0 Å². The lowest BCUT2D eigenvalue weighted by Gasteiger charge is -2.42. The number of H-pyrrole nitrogens is 1. The van der Waals surface area contributed by atoms with Crippen molar-refractivity contribution in [3.63, 3.8) is 0 Å². The van der Waals surface area contributed by atoms with E-state index in [0.29, 0.717) is 24.5 Å². The predicted molar refractivity (Wildman–Crippen MR) is 120 cm³/mol. The number of anilines is 2. The molecule has 2 aromatic rings. The second-order valence-corrected chi connectivity index (χ2v) is 10.5. The van der Waals surface area contributed by atoms with Gasteiger partial charge >= 0.3 is 5.97 Å². The van der Waals surface area contributed by atoms with Crippen molar-refractivity contribution in [2.24, 2.45) is 0 Å². The summed E-state index contributed by atoms with van der Waals surface area (Å²) in [4.78, 5) is 42.4. The van der Waals surface area contributed by atoms with Crippen LogP contribution in [0.2, 0.25) is 0 Å². The molecule has 176 valence electrons. The van der Waals surface area contributed by atoms with E-state index in [-0.39, 0.29) is 16.5 Å². The molecule has 0 spiro atoms. The van der Waals surface area contributed by atoms with E-state index in [4.69, 9.17) is 4.74 Å². The van der Waals surface area contributed by atoms with Gasteiger partial charge in [0.1, 0.15) is 16.1 Å². The number of nitrogens with zero attached hydrogens (tertiary/aromatic N) is 2. The Morgan fingerprint density at radius 2 is 1.82 bits per heavy atom. The summed E-state index contributed by atoms with van der Waals surface area (Å²) >= 11 is 0. The van der Waals surface area contributed by atoms with Crippen molar-refractivity contribution in [1.82, 2.24) is 9.29 Å². The third-order valence-corrected chi connectivity index (χ3v) is 7.82. The van der Waals surface area contributed by atoms with Crippen molar-refractivity contribution in [3.8, 4) is 0 Å². The number of ether oxygens (including phenoxy) is 1. The number of carbonyl (C=O) groups is 3. The third kappa shape index (κ3) is 4.02. The van der Waals surface area contributed by atoms with Crippen LogP contribution in [-0.2, 0) is 24.3 Å². The number of aromatic nitrogens is 1. The molecular formula is C22H26N4O6S. The number of carbonyl (C=O) groups excluding carboxylic acids is 3. The van der Waals surface area contributed by atoms with Gasteiger partial charge in [0, 0.05) is 19.3 Å². The quantitative estimate of drug-likeness (QED) is 0.639. The number of esters is 1. The van der Waals surface area contributed by atoms with Gasteiger partial charge in [-0.1, -0.05) is 12.1 Å². The summed E-state index contributed by atoms with van der Waals surface area (Å²) in [7, 11) is -3.69. The Balaban J connectivity index is 1.52. The molecule has 1 fully saturated rings. The summed E-state index contributed by atoms with van der Waals surface area (Å²) in [5.74, 6) is -1.81. The number of nitrogens with one attached hydrogen (secondary N) is 2. The second kappa shape index (κ2) is 8.31. The Bertz CT molecular complexity index is 1210. The molecule has 4 rings (SSSR count). The van der Waals surface area contributed by atoms with Gasteiger partial charge in [0.05, 0.1) is 11.4 Å². The van der Waals surface area contributed by atoms with Gasteiger partial charge in [0.25, 0.3) is 5.91 Å². The van der Waals surface area contributed by atoms with Crippen molar-refractivity contribution in [2.45, 2.75) is 50.2 Å². The fourth-order valence-electron chi connectivity index (χ4n) is 4.02. The zero-order valence-corrected chi connectivity index (χ0v) is 19.4. The van der Waals surface area contributed by atoms with Crippen LogP contribution in [0.4, 0.5) is 11.4 Å². The second-order valence-electron chi connectivity index (χ2n) is 8.61. The molecule has 1 atom stereocenters. The number of benzene rings is 1. The number of aromatic amines is 1. The summed E-state index contributed by atoms with van der Waals surface area (Å²) in [6.45, 7) is 5.51. The van der Waals surface area contributed by atoms with E-state index < -0.39 is 33.5 Å². The summed E-state index contributed by atoms with van der Waals surface area (Å²) < 4.78 is 32.1. The van der Waals surface area contributed by atoms with Gasteiger partial charge in [-0.3, -0.25) is 14.5 Å². The van der Waals surface area contributed by atoms with Crippen LogP contribution in [-0.4, -0.2) is 60.2 Å². The molecule has 1 aromatic heterocycles. The summed E-state index contributed by atoms with van der Waals surface area (Å²) in [6, 6.07) is 8.07. The minimum Gasteiger partial charge on any atom is -0.448 e. The number of amides is 2. The number of hydrogen-bond donors (Lipinski definition) is 2. The number of fused-ring (bicyclic) bond motifs is 1. The maximum Gasteiger partial charge on any atom is 0.355 e. The van der Waals surface area contributed by atoms with Crippen LogP contribution < -0.4 is 10.2 Å². The van der Waals surface area contributed by atoms with Crippen LogP contribution in [0, 0.1) is 0 Å². The zero-order valence-electron chi connectivity index (χ0n) is 18.6. The average molecular weight is 475 g/mol. The standard InChI is InChI=1S/C22H26N4O6S/c1-14(19(27)26-18-9-5-4-8-16(18)24-21(29)22(26,2)3)32-20(28)17-12-15(13-23-17)33(30,31)25-10-6-7-11-25/h4-5,8-9,12-14,23H,6-7,10-11H2,1-3H3,(H,24,29)/t14-/m0/s1. The minimum atomic E-state index is -3.69. The van der Waals surface area contributed by atoms with Gasteiger partial charge in [-0.15, -0.1) is 0 Å². The Morgan fingerprint density at radius 3 is 2.52 bits per heavy atom. The molecule has 10 nitrogen and oxygen atoms in total. The van der Waals surface area contributed by atoms with Crippen LogP contribution in [0.5, 0.6) is 0 Å². The van der Waals surface area contributed by atoms with Crippen molar-refractivity contribution >= 4 is 39.2 Å². The number of rotatable bonds is 5. The molecule has 1 saturated heterocycles. The van der Waals surface area contributed by atoms with Gasteiger partial charge in [-0.2, -0.15) is 4.31 Å². The van der Waals surface area contributed by atoms with E-state index in [0.717, 1.165) is 12.8 Å². The zero-order chi connectivity index (χ0) is 24.0. The largest absolute Gasteiger partial charge is 0.448 e. The number of hydrogen-bond acceptors (Lipinski definition) is 6. The molecule has 2 aliphatic heterocycles. The van der Waals surface area contributed by atoms with E-state index in [1.807, 2.05) is 0 Å². The van der Waals surface area contributed by atoms with Crippen molar-refractivity contribution < 1.29 is 27.5 Å². The van der Waals surface area contributed by atoms with Crippen LogP contribution in [0.3, 0.4) is 0 Å². The topological polar surface area (TPSA) is 129 Å². The SMILES string of the molecule is C[C@H](OC(=O)c1cc(S(=O)(=O)N2CCCC2)c[nH]1)C(=O)N1c2ccccc2NC(=O)C1(C)C. The highest BCUT2D eigenvalue weighted by Crippen LogP contribution is 2.37. The first-order chi connectivity index (χ1) is 15.5. The maximum atomic E-state index is 13.3. The maximum absolute atomic E-state index is 13.3. The summed E-state index contributed by atoms with van der Waals surface area (Å²) in [5, 5.41) is 2.77. The molecule has 2 aliphatic rings. The normalized spacial score (nSPS) is 19.0. The highest BCUT2D eigenvalue weighted by molar-refractivity contribution is 7.89. The fourth-order valence-corrected chi connectivity index (χ4v) is 5.53. The average Bonchev–Trinajstić information content (AvgIpc) is 3.47. The monoisotopic (exact) mass is 474 g/mol. The van der Waals surface area contributed by atoms with E-state index in [2.05, 4.69) is 10.3 Å². The van der Waals surface area contributed by atoms with Crippen LogP contribution in [0.15, 0.2) is 41.4 Å². The smallest absolute Gasteiger partial charge is 0.355 e. The van der Waals surface area contributed by atoms with Crippen LogP contribution >= 0.6 is 0 Å². The molecule has 11 heteroatoms. The predicted octanol–water partition coefficient (Wildman–Crippen LogP) is 2.11. The molecule has 0 bridgehead atoms. The molecule has 2 N–H and O–H groups in total. The lowest BCUT2D eigenvalue weighted by molar-refractivity contribution is -0.131. The molecule has 1 aromatic carbocycles. The van der Waals surface area contributed by atoms with Crippen LogP contribution in [0.1, 0.15) is 44.1 Å². The number of sulfonamides is 1. The Labute approximate surface area is 191 Å². The molecule has 2 amide bonds. The third-order valence-electron chi connectivity index (χ3n) is 5.94. The van der Waals surface area contributed by atoms with Gasteiger partial charge in [0.15, 0.2) is 6.10 Å². The highest BCUT2D eigenvalue weighted by atomic mass is 32.2. The fraction of sp³-hybridized carbons (Fsp3) is 0.409. The Kier molecular flexibility index (Phi) is 5.79. The lowest BCUT2D eigenvalue weighted by atomic mass is 9.95. The molecule has 3 heterocycles. The molecule has 0 saturated carbocycles. The van der Waals surface area contributed by atoms with Crippen molar-refractivity contribution in [3.05, 3.63) is 42.2 Å². The first-order valence-corrected chi connectivity index (χ1v) is 12.1. The van der Waals surface area contributed by atoms with E-state index in [9.17, 15) is 22.8 Å².